The van der Waals surface area contributed by atoms with Crippen LogP contribution in [0, 0.1) is 13.8 Å². The predicted octanol–water partition coefficient (Wildman–Crippen LogP) is 5.13. The third kappa shape index (κ3) is 1.53. The summed E-state index contributed by atoms with van der Waals surface area (Å²) in [4.78, 5) is 0. The molecule has 0 fully saturated rings. The van der Waals surface area contributed by atoms with Gasteiger partial charge < -0.3 is 0 Å². The van der Waals surface area contributed by atoms with Crippen molar-refractivity contribution in [2.45, 2.75) is 27.7 Å². The molecule has 0 nitrogen and oxygen atoms in total. The molecular weight excluding hydrogens is 216 g/mol. The molecule has 0 spiro atoms. The Balaban J connectivity index is 2.41. The number of fused-ring (bicyclic) bond motifs is 3. The van der Waals surface area contributed by atoms with Crippen molar-refractivity contribution < 1.29 is 0 Å². The van der Waals surface area contributed by atoms with Gasteiger partial charge in [-0.25, -0.2) is 0 Å². The zero-order valence-corrected chi connectivity index (χ0v) is 11.5. The molecule has 0 saturated heterocycles. The molecule has 2 aromatic carbocycles. The highest BCUT2D eigenvalue weighted by atomic mass is 14.3. The molecule has 0 amide bonds. The predicted molar refractivity (Wildman–Crippen MR) is 78.7 cm³/mol. The van der Waals surface area contributed by atoms with E-state index < -0.39 is 0 Å². The number of hydrogen-bond acceptors (Lipinski definition) is 0. The van der Waals surface area contributed by atoms with E-state index in [9.17, 15) is 0 Å². The SMILES string of the molecule is CC(C)=C1c2cc(C)ccc2-c2ccc(C)cc21. The first-order valence-electron chi connectivity index (χ1n) is 6.48. The topological polar surface area (TPSA) is 0 Å². The fraction of sp³-hybridized carbons (Fsp3) is 0.222. The molecule has 2 aromatic rings. The van der Waals surface area contributed by atoms with E-state index in [0.717, 1.165) is 0 Å². The van der Waals surface area contributed by atoms with Crippen LogP contribution in [-0.2, 0) is 0 Å². The quantitative estimate of drug-likeness (QED) is 0.506. The summed E-state index contributed by atoms with van der Waals surface area (Å²) in [5.74, 6) is 0. The molecule has 1 aliphatic rings. The van der Waals surface area contributed by atoms with Gasteiger partial charge in [0.1, 0.15) is 0 Å². The summed E-state index contributed by atoms with van der Waals surface area (Å²) in [5.41, 5.74) is 11.0. The van der Waals surface area contributed by atoms with Gasteiger partial charge in [-0.15, -0.1) is 0 Å². The molecular formula is C18H18. The van der Waals surface area contributed by atoms with Crippen LogP contribution in [-0.4, -0.2) is 0 Å². The Morgan fingerprint density at radius 1 is 0.667 bits per heavy atom. The molecule has 0 saturated carbocycles. The van der Waals surface area contributed by atoms with Crippen LogP contribution in [0.2, 0.25) is 0 Å². The minimum atomic E-state index is 1.33. The summed E-state index contributed by atoms with van der Waals surface area (Å²) >= 11 is 0. The molecule has 0 radical (unpaired) electrons. The van der Waals surface area contributed by atoms with E-state index in [0.29, 0.717) is 0 Å². The van der Waals surface area contributed by atoms with Crippen molar-refractivity contribution in [1.82, 2.24) is 0 Å². The first kappa shape index (κ1) is 11.3. The highest BCUT2D eigenvalue weighted by Gasteiger charge is 2.23. The lowest BCUT2D eigenvalue weighted by atomic mass is 9.98. The van der Waals surface area contributed by atoms with Crippen molar-refractivity contribution in [2.75, 3.05) is 0 Å². The number of allylic oxidation sites excluding steroid dienone is 1. The fourth-order valence-electron chi connectivity index (χ4n) is 2.88. The van der Waals surface area contributed by atoms with Crippen LogP contribution in [0.15, 0.2) is 42.0 Å². The molecule has 18 heavy (non-hydrogen) atoms. The Morgan fingerprint density at radius 3 is 1.50 bits per heavy atom. The van der Waals surface area contributed by atoms with Gasteiger partial charge in [0.15, 0.2) is 0 Å². The van der Waals surface area contributed by atoms with E-state index in [4.69, 9.17) is 0 Å². The summed E-state index contributed by atoms with van der Waals surface area (Å²) in [5, 5.41) is 0. The van der Waals surface area contributed by atoms with Crippen LogP contribution in [0.1, 0.15) is 36.1 Å². The van der Waals surface area contributed by atoms with Gasteiger partial charge in [0.25, 0.3) is 0 Å². The molecule has 0 aromatic heterocycles. The van der Waals surface area contributed by atoms with Crippen LogP contribution in [0.25, 0.3) is 16.7 Å². The zero-order valence-electron chi connectivity index (χ0n) is 11.5. The molecule has 3 rings (SSSR count). The zero-order chi connectivity index (χ0) is 12.9. The molecule has 0 heterocycles. The summed E-state index contributed by atoms with van der Waals surface area (Å²) < 4.78 is 0. The lowest BCUT2D eigenvalue weighted by molar-refractivity contribution is 1.38. The maximum Gasteiger partial charge on any atom is -0.00970 e. The van der Waals surface area contributed by atoms with Crippen LogP contribution in [0.3, 0.4) is 0 Å². The van der Waals surface area contributed by atoms with Gasteiger partial charge in [0, 0.05) is 0 Å². The van der Waals surface area contributed by atoms with Crippen molar-refractivity contribution in [3.8, 4) is 11.1 Å². The van der Waals surface area contributed by atoms with Gasteiger partial charge in [-0.3, -0.25) is 0 Å². The van der Waals surface area contributed by atoms with Crippen LogP contribution in [0.4, 0.5) is 0 Å². The molecule has 0 unspecified atom stereocenters. The second kappa shape index (κ2) is 3.84. The van der Waals surface area contributed by atoms with Gasteiger partial charge in [-0.1, -0.05) is 53.1 Å². The monoisotopic (exact) mass is 234 g/mol. The van der Waals surface area contributed by atoms with E-state index in [2.05, 4.69) is 64.1 Å². The van der Waals surface area contributed by atoms with Gasteiger partial charge in [-0.05, 0) is 55.5 Å². The molecule has 0 atom stereocenters. The van der Waals surface area contributed by atoms with Crippen LogP contribution >= 0.6 is 0 Å². The van der Waals surface area contributed by atoms with E-state index in [1.807, 2.05) is 0 Å². The third-order valence-corrected chi connectivity index (χ3v) is 3.68. The second-order valence-electron chi connectivity index (χ2n) is 5.47. The van der Waals surface area contributed by atoms with Crippen molar-refractivity contribution >= 4 is 5.57 Å². The summed E-state index contributed by atoms with van der Waals surface area (Å²) in [6.45, 7) is 8.74. The Kier molecular flexibility index (Phi) is 2.41. The smallest absolute Gasteiger partial charge is 0.00970 e. The Labute approximate surface area is 109 Å². The lowest BCUT2D eigenvalue weighted by Gasteiger charge is -2.06. The Bertz CT molecular complexity index is 615. The Morgan fingerprint density at radius 2 is 1.11 bits per heavy atom. The number of benzene rings is 2. The van der Waals surface area contributed by atoms with Gasteiger partial charge >= 0.3 is 0 Å². The summed E-state index contributed by atoms with van der Waals surface area (Å²) in [6, 6.07) is 13.6. The summed E-state index contributed by atoms with van der Waals surface area (Å²) in [7, 11) is 0. The second-order valence-corrected chi connectivity index (χ2v) is 5.47. The van der Waals surface area contributed by atoms with Gasteiger partial charge in [0.2, 0.25) is 0 Å². The molecule has 0 N–H and O–H groups in total. The molecule has 0 aliphatic heterocycles. The lowest BCUT2D eigenvalue weighted by Crippen LogP contribution is -1.86. The van der Waals surface area contributed by atoms with Crippen molar-refractivity contribution in [2.24, 2.45) is 0 Å². The number of rotatable bonds is 0. The van der Waals surface area contributed by atoms with E-state index in [1.165, 1.54) is 44.5 Å². The van der Waals surface area contributed by atoms with Crippen LogP contribution < -0.4 is 0 Å². The first-order valence-corrected chi connectivity index (χ1v) is 6.48. The number of hydrogen-bond donors (Lipinski definition) is 0. The molecule has 90 valence electrons. The molecule has 1 aliphatic carbocycles. The minimum absolute atomic E-state index is 1.33. The molecule has 0 heteroatoms. The number of aryl methyl sites for hydroxylation is 2. The highest BCUT2D eigenvalue weighted by Crippen LogP contribution is 2.46. The summed E-state index contributed by atoms with van der Waals surface area (Å²) in [6.07, 6.45) is 0. The van der Waals surface area contributed by atoms with E-state index in [1.54, 1.807) is 0 Å². The average Bonchev–Trinajstić information content (AvgIpc) is 2.60. The average molecular weight is 234 g/mol. The van der Waals surface area contributed by atoms with Crippen molar-refractivity contribution in [3.63, 3.8) is 0 Å². The van der Waals surface area contributed by atoms with Gasteiger partial charge in [0.05, 0.1) is 0 Å². The van der Waals surface area contributed by atoms with Crippen molar-refractivity contribution in [3.05, 3.63) is 64.2 Å². The maximum atomic E-state index is 2.31. The highest BCUT2D eigenvalue weighted by molar-refractivity contribution is 6.02. The first-order chi connectivity index (χ1) is 8.58. The van der Waals surface area contributed by atoms with Crippen molar-refractivity contribution in [1.29, 1.82) is 0 Å². The van der Waals surface area contributed by atoms with E-state index in [-0.39, 0.29) is 0 Å². The van der Waals surface area contributed by atoms with Crippen LogP contribution in [0.5, 0.6) is 0 Å². The fourth-order valence-corrected chi connectivity index (χ4v) is 2.88. The largest absolute Gasteiger partial charge is 0.0679 e. The third-order valence-electron chi connectivity index (χ3n) is 3.68. The molecule has 0 bridgehead atoms. The van der Waals surface area contributed by atoms with E-state index >= 15 is 0 Å². The normalized spacial score (nSPS) is 12.3. The minimum Gasteiger partial charge on any atom is -0.0679 e. The van der Waals surface area contributed by atoms with Gasteiger partial charge in [-0.2, -0.15) is 0 Å². The standard InChI is InChI=1S/C18H18/c1-11(2)18-16-9-12(3)5-7-14(16)15-8-6-13(4)10-17(15)18/h5-10H,1-4H3. The maximum absolute atomic E-state index is 2.31. The Hall–Kier alpha value is -1.82.